The fraction of sp³-hybridized carbons (Fsp3) is 0.833. The standard InChI is InChI=1S/C12H20N2O3S2/c1-2-19-10-5-3-4-8(10)13-12(17)14-7-18-6-9(14)11(15)16/h8-10H,2-7H2,1H3,(H,13,17)(H,15,16)/t8?,9-,10?/m0/s1. The maximum absolute atomic E-state index is 12.2. The van der Waals surface area contributed by atoms with Gasteiger partial charge in [0.1, 0.15) is 6.04 Å². The molecule has 3 atom stereocenters. The molecule has 0 bridgehead atoms. The SMILES string of the molecule is CCSC1CCCC1NC(=O)N1CSC[C@H]1C(=O)O. The predicted octanol–water partition coefficient (Wildman–Crippen LogP) is 1.83. The minimum Gasteiger partial charge on any atom is -0.480 e. The van der Waals surface area contributed by atoms with Crippen molar-refractivity contribution in [2.45, 2.75) is 43.5 Å². The van der Waals surface area contributed by atoms with Crippen LogP contribution in [0.3, 0.4) is 0 Å². The number of aliphatic carboxylic acids is 1. The smallest absolute Gasteiger partial charge is 0.327 e. The van der Waals surface area contributed by atoms with E-state index in [1.165, 1.54) is 16.7 Å². The molecule has 0 aromatic carbocycles. The van der Waals surface area contributed by atoms with Gasteiger partial charge in [0, 0.05) is 17.0 Å². The zero-order valence-corrected chi connectivity index (χ0v) is 12.6. The van der Waals surface area contributed by atoms with Gasteiger partial charge in [-0.15, -0.1) is 11.8 Å². The molecule has 5 nitrogen and oxygen atoms in total. The summed E-state index contributed by atoms with van der Waals surface area (Å²) in [5, 5.41) is 12.6. The van der Waals surface area contributed by atoms with E-state index in [1.54, 1.807) is 0 Å². The molecule has 1 aliphatic heterocycles. The third-order valence-corrected chi connectivity index (χ3v) is 5.91. The number of hydrogen-bond acceptors (Lipinski definition) is 4. The lowest BCUT2D eigenvalue weighted by atomic mass is 10.2. The second-order valence-corrected chi connectivity index (χ2v) is 7.32. The van der Waals surface area contributed by atoms with Gasteiger partial charge in [0.25, 0.3) is 0 Å². The molecule has 2 N–H and O–H groups in total. The molecule has 1 saturated carbocycles. The normalized spacial score (nSPS) is 30.6. The van der Waals surface area contributed by atoms with Crippen molar-refractivity contribution in [1.29, 1.82) is 0 Å². The summed E-state index contributed by atoms with van der Waals surface area (Å²) in [4.78, 5) is 24.7. The van der Waals surface area contributed by atoms with E-state index in [-0.39, 0.29) is 12.1 Å². The summed E-state index contributed by atoms with van der Waals surface area (Å²) in [6, 6.07) is -0.702. The molecule has 2 aliphatic rings. The van der Waals surface area contributed by atoms with Crippen LogP contribution < -0.4 is 5.32 Å². The topological polar surface area (TPSA) is 69.6 Å². The van der Waals surface area contributed by atoms with Crippen molar-refractivity contribution in [2.24, 2.45) is 0 Å². The molecule has 0 radical (unpaired) electrons. The van der Waals surface area contributed by atoms with Gasteiger partial charge in [-0.3, -0.25) is 0 Å². The van der Waals surface area contributed by atoms with E-state index in [0.29, 0.717) is 16.9 Å². The number of nitrogens with zero attached hydrogens (tertiary/aromatic N) is 1. The van der Waals surface area contributed by atoms with Crippen molar-refractivity contribution < 1.29 is 14.7 Å². The van der Waals surface area contributed by atoms with Crippen LogP contribution in [-0.2, 0) is 4.79 Å². The second-order valence-electron chi connectivity index (χ2n) is 4.80. The minimum absolute atomic E-state index is 0.192. The zero-order valence-electron chi connectivity index (χ0n) is 11.0. The quantitative estimate of drug-likeness (QED) is 0.829. The van der Waals surface area contributed by atoms with Crippen molar-refractivity contribution in [3.05, 3.63) is 0 Å². The molecule has 0 aromatic rings. The van der Waals surface area contributed by atoms with E-state index in [4.69, 9.17) is 5.11 Å². The molecular formula is C12H20N2O3S2. The zero-order chi connectivity index (χ0) is 13.8. The number of amides is 2. The molecule has 0 aromatic heterocycles. The van der Waals surface area contributed by atoms with E-state index in [9.17, 15) is 9.59 Å². The highest BCUT2D eigenvalue weighted by molar-refractivity contribution is 8.00. The monoisotopic (exact) mass is 304 g/mol. The fourth-order valence-corrected chi connectivity index (χ4v) is 4.94. The Morgan fingerprint density at radius 1 is 1.47 bits per heavy atom. The Kier molecular flexibility index (Phi) is 5.27. The molecule has 19 heavy (non-hydrogen) atoms. The number of hydrogen-bond donors (Lipinski definition) is 2. The lowest BCUT2D eigenvalue weighted by molar-refractivity contribution is -0.140. The maximum Gasteiger partial charge on any atom is 0.327 e. The van der Waals surface area contributed by atoms with E-state index < -0.39 is 12.0 Å². The molecule has 2 fully saturated rings. The number of thioether (sulfide) groups is 2. The van der Waals surface area contributed by atoms with Crippen LogP contribution >= 0.6 is 23.5 Å². The number of nitrogens with one attached hydrogen (secondary N) is 1. The second kappa shape index (κ2) is 6.74. The van der Waals surface area contributed by atoms with Crippen molar-refractivity contribution in [3.8, 4) is 0 Å². The van der Waals surface area contributed by atoms with Gasteiger partial charge in [-0.2, -0.15) is 11.8 Å². The summed E-state index contributed by atoms with van der Waals surface area (Å²) < 4.78 is 0. The third kappa shape index (κ3) is 3.51. The average Bonchev–Trinajstić information content (AvgIpc) is 2.98. The van der Waals surface area contributed by atoms with Gasteiger partial charge in [0.15, 0.2) is 0 Å². The molecule has 0 spiro atoms. The van der Waals surface area contributed by atoms with Crippen LogP contribution in [0.1, 0.15) is 26.2 Å². The van der Waals surface area contributed by atoms with E-state index in [2.05, 4.69) is 12.2 Å². The first-order valence-electron chi connectivity index (χ1n) is 6.62. The molecule has 108 valence electrons. The van der Waals surface area contributed by atoms with Gasteiger partial charge in [0.05, 0.1) is 5.88 Å². The molecule has 7 heteroatoms. The first kappa shape index (κ1) is 14.8. The first-order valence-corrected chi connectivity index (χ1v) is 8.83. The highest BCUT2D eigenvalue weighted by Crippen LogP contribution is 2.30. The van der Waals surface area contributed by atoms with Crippen molar-refractivity contribution >= 4 is 35.5 Å². The lowest BCUT2D eigenvalue weighted by Gasteiger charge is -2.26. The number of rotatable bonds is 4. The van der Waals surface area contributed by atoms with Crippen LogP contribution in [0, 0.1) is 0 Å². The van der Waals surface area contributed by atoms with E-state index in [0.717, 1.165) is 25.0 Å². The molecule has 1 saturated heterocycles. The summed E-state index contributed by atoms with van der Waals surface area (Å²) in [6.07, 6.45) is 3.28. The van der Waals surface area contributed by atoms with Crippen LogP contribution in [0.5, 0.6) is 0 Å². The molecular weight excluding hydrogens is 284 g/mol. The number of carboxylic acid groups (broad SMARTS) is 1. The molecule has 2 rings (SSSR count). The van der Waals surface area contributed by atoms with Crippen LogP contribution in [0.2, 0.25) is 0 Å². The highest BCUT2D eigenvalue weighted by atomic mass is 32.2. The third-order valence-electron chi connectivity index (χ3n) is 3.57. The Morgan fingerprint density at radius 3 is 2.95 bits per heavy atom. The van der Waals surface area contributed by atoms with Gasteiger partial charge in [-0.05, 0) is 18.6 Å². The van der Waals surface area contributed by atoms with E-state index >= 15 is 0 Å². The fourth-order valence-electron chi connectivity index (χ4n) is 2.59. The Morgan fingerprint density at radius 2 is 2.26 bits per heavy atom. The summed E-state index contributed by atoms with van der Waals surface area (Å²) in [5.41, 5.74) is 0. The Hall–Kier alpha value is -0.560. The van der Waals surface area contributed by atoms with Crippen LogP contribution in [0.15, 0.2) is 0 Å². The summed E-state index contributed by atoms with van der Waals surface area (Å²) >= 11 is 3.38. The van der Waals surface area contributed by atoms with Gasteiger partial charge in [-0.1, -0.05) is 13.3 Å². The van der Waals surface area contributed by atoms with Gasteiger partial charge < -0.3 is 15.3 Å². The molecule has 2 unspecified atom stereocenters. The van der Waals surface area contributed by atoms with Crippen LogP contribution in [-0.4, -0.2) is 56.7 Å². The summed E-state index contributed by atoms with van der Waals surface area (Å²) in [6.45, 7) is 2.12. The Labute approximate surface area is 121 Å². The molecule has 1 heterocycles. The van der Waals surface area contributed by atoms with Gasteiger partial charge in [0.2, 0.25) is 0 Å². The number of carboxylic acids is 1. The van der Waals surface area contributed by atoms with Crippen LogP contribution in [0.25, 0.3) is 0 Å². The van der Waals surface area contributed by atoms with E-state index in [1.807, 2.05) is 11.8 Å². The van der Waals surface area contributed by atoms with Crippen molar-refractivity contribution in [3.63, 3.8) is 0 Å². The Bertz CT molecular complexity index is 354. The van der Waals surface area contributed by atoms with Crippen molar-refractivity contribution in [2.75, 3.05) is 17.4 Å². The van der Waals surface area contributed by atoms with Crippen LogP contribution in [0.4, 0.5) is 4.79 Å². The predicted molar refractivity (Wildman–Crippen MR) is 78.7 cm³/mol. The van der Waals surface area contributed by atoms with Crippen molar-refractivity contribution in [1.82, 2.24) is 10.2 Å². The largest absolute Gasteiger partial charge is 0.480 e. The number of urea groups is 1. The first-order chi connectivity index (χ1) is 9.13. The summed E-state index contributed by atoms with van der Waals surface area (Å²) in [5.74, 6) is 1.10. The maximum atomic E-state index is 12.2. The van der Waals surface area contributed by atoms with Gasteiger partial charge in [-0.25, -0.2) is 9.59 Å². The molecule has 1 aliphatic carbocycles. The lowest BCUT2D eigenvalue weighted by Crippen LogP contribution is -2.51. The summed E-state index contributed by atoms with van der Waals surface area (Å²) in [7, 11) is 0. The average molecular weight is 304 g/mol. The number of carbonyl (C=O) groups excluding carboxylic acids is 1. The number of carbonyl (C=O) groups is 2. The molecule has 2 amide bonds. The minimum atomic E-state index is -0.911. The Balaban J connectivity index is 1.91. The van der Waals surface area contributed by atoms with Gasteiger partial charge >= 0.3 is 12.0 Å². The highest BCUT2D eigenvalue weighted by Gasteiger charge is 2.37.